The van der Waals surface area contributed by atoms with E-state index in [2.05, 4.69) is 11.3 Å². The van der Waals surface area contributed by atoms with Crippen LogP contribution < -0.4 is 0 Å². The summed E-state index contributed by atoms with van der Waals surface area (Å²) in [6.07, 6.45) is 1.52. The Kier molecular flexibility index (Phi) is 5.63. The van der Waals surface area contributed by atoms with E-state index in [1.165, 1.54) is 31.4 Å². The predicted molar refractivity (Wildman–Crippen MR) is 91.5 cm³/mol. The van der Waals surface area contributed by atoms with Crippen LogP contribution in [-0.2, 0) is 4.74 Å². The molecule has 132 valence electrons. The lowest BCUT2D eigenvalue weighted by Gasteiger charge is -2.15. The van der Waals surface area contributed by atoms with Crippen molar-refractivity contribution in [1.29, 1.82) is 5.26 Å². The number of carbonyl (C=O) groups excluding carboxylic acids is 1. The van der Waals surface area contributed by atoms with Crippen molar-refractivity contribution < 1.29 is 22.7 Å². The van der Waals surface area contributed by atoms with Gasteiger partial charge in [0.05, 0.1) is 29.9 Å². The van der Waals surface area contributed by atoms with E-state index in [0.717, 1.165) is 0 Å². The molecule has 0 saturated heterocycles. The molecule has 0 fully saturated rings. The summed E-state index contributed by atoms with van der Waals surface area (Å²) in [6.45, 7) is 5.32. The number of nitriles is 1. The molecule has 0 heterocycles. The highest BCUT2D eigenvalue weighted by molar-refractivity contribution is 5.95. The zero-order valence-corrected chi connectivity index (χ0v) is 14.1. The molecule has 0 saturated carbocycles. The number of allylic oxidation sites excluding steroid dienone is 2. The van der Waals surface area contributed by atoms with Gasteiger partial charge in [0.25, 0.3) is 0 Å². The highest BCUT2D eigenvalue weighted by Gasteiger charge is 2.20. The summed E-state index contributed by atoms with van der Waals surface area (Å²) in [5.41, 5.74) is 0.158. The Morgan fingerprint density at radius 1 is 1.15 bits per heavy atom. The second-order valence-electron chi connectivity index (χ2n) is 5.29. The molecular weight excluding hydrogens is 343 g/mol. The van der Waals surface area contributed by atoms with Crippen molar-refractivity contribution in [3.05, 3.63) is 82.7 Å². The zero-order valence-electron chi connectivity index (χ0n) is 14.1. The lowest BCUT2D eigenvalue weighted by atomic mass is 9.89. The van der Waals surface area contributed by atoms with E-state index in [-0.39, 0.29) is 22.3 Å². The number of halogens is 3. The first-order chi connectivity index (χ1) is 12.3. The van der Waals surface area contributed by atoms with Crippen molar-refractivity contribution in [3.63, 3.8) is 0 Å². The molecule has 6 heteroatoms. The molecule has 0 aliphatic heterocycles. The summed E-state index contributed by atoms with van der Waals surface area (Å²) < 4.78 is 46.1. The van der Waals surface area contributed by atoms with Crippen LogP contribution in [0.4, 0.5) is 13.2 Å². The Hall–Kier alpha value is -3.33. The van der Waals surface area contributed by atoms with Gasteiger partial charge in [-0.05, 0) is 35.8 Å². The lowest BCUT2D eigenvalue weighted by Crippen LogP contribution is -2.05. The van der Waals surface area contributed by atoms with Crippen molar-refractivity contribution >= 4 is 17.1 Å². The molecule has 3 nitrogen and oxygen atoms in total. The van der Waals surface area contributed by atoms with Gasteiger partial charge in [-0.2, -0.15) is 5.26 Å². The molecule has 0 atom stereocenters. The topological polar surface area (TPSA) is 50.1 Å². The van der Waals surface area contributed by atoms with Crippen LogP contribution in [0.25, 0.3) is 11.1 Å². The van der Waals surface area contributed by atoms with Crippen LogP contribution in [0.3, 0.4) is 0 Å². The normalized spacial score (nSPS) is 11.0. The van der Waals surface area contributed by atoms with Crippen LogP contribution >= 0.6 is 0 Å². The largest absolute Gasteiger partial charge is 0.465 e. The summed E-state index contributed by atoms with van der Waals surface area (Å²) in [5, 5.41) is 9.29. The maximum absolute atomic E-state index is 14.2. The monoisotopic (exact) mass is 357 g/mol. The van der Waals surface area contributed by atoms with E-state index in [4.69, 9.17) is 0 Å². The van der Waals surface area contributed by atoms with Crippen molar-refractivity contribution in [2.45, 2.75) is 6.92 Å². The van der Waals surface area contributed by atoms with E-state index in [0.29, 0.717) is 17.7 Å². The molecule has 2 aromatic carbocycles. The zero-order chi connectivity index (χ0) is 19.4. The SMILES string of the molecule is C=C(c1cc(C(=O)OC)ccc1/C(C#N)=C\C)c1c(F)cc(F)cc1F. The Morgan fingerprint density at radius 2 is 1.77 bits per heavy atom. The fourth-order valence-corrected chi connectivity index (χ4v) is 2.52. The highest BCUT2D eigenvalue weighted by atomic mass is 19.1. The maximum atomic E-state index is 14.2. The lowest BCUT2D eigenvalue weighted by molar-refractivity contribution is 0.0600. The van der Waals surface area contributed by atoms with Gasteiger partial charge in [0.2, 0.25) is 0 Å². The second-order valence-corrected chi connectivity index (χ2v) is 5.29. The maximum Gasteiger partial charge on any atom is 0.337 e. The summed E-state index contributed by atoms with van der Waals surface area (Å²) in [6, 6.07) is 7.26. The minimum Gasteiger partial charge on any atom is -0.465 e. The summed E-state index contributed by atoms with van der Waals surface area (Å²) >= 11 is 0. The van der Waals surface area contributed by atoms with Crippen molar-refractivity contribution in [3.8, 4) is 6.07 Å². The Labute approximate surface area is 148 Å². The van der Waals surface area contributed by atoms with Gasteiger partial charge >= 0.3 is 5.97 Å². The van der Waals surface area contributed by atoms with Crippen LogP contribution in [0.15, 0.2) is 43.0 Å². The summed E-state index contributed by atoms with van der Waals surface area (Å²) in [4.78, 5) is 11.8. The molecule has 0 bridgehead atoms. The first-order valence-corrected chi connectivity index (χ1v) is 7.47. The fourth-order valence-electron chi connectivity index (χ4n) is 2.52. The van der Waals surface area contributed by atoms with Gasteiger partial charge < -0.3 is 4.74 Å². The number of hydrogen-bond donors (Lipinski definition) is 0. The number of rotatable bonds is 4. The number of carbonyl (C=O) groups is 1. The predicted octanol–water partition coefficient (Wildman–Crippen LogP) is 4.88. The van der Waals surface area contributed by atoms with Crippen molar-refractivity contribution in [2.75, 3.05) is 7.11 Å². The standard InChI is InChI=1S/C20H14F3NO2/c1-4-12(10-24)15-6-5-13(20(25)26-3)7-16(15)11(2)19-17(22)8-14(21)9-18(19)23/h4-9H,2H2,1,3H3/b12-4-. The Bertz CT molecular complexity index is 949. The van der Waals surface area contributed by atoms with E-state index in [1.54, 1.807) is 6.92 Å². The van der Waals surface area contributed by atoms with Gasteiger partial charge in [-0.3, -0.25) is 0 Å². The summed E-state index contributed by atoms with van der Waals surface area (Å²) in [5.74, 6) is -4.00. The van der Waals surface area contributed by atoms with Gasteiger partial charge in [-0.15, -0.1) is 0 Å². The second kappa shape index (κ2) is 7.70. The molecule has 0 aliphatic rings. The van der Waals surface area contributed by atoms with E-state index >= 15 is 0 Å². The molecule has 0 radical (unpaired) electrons. The number of ether oxygens (including phenoxy) is 1. The van der Waals surface area contributed by atoms with Crippen molar-refractivity contribution in [2.24, 2.45) is 0 Å². The molecule has 2 rings (SSSR count). The van der Waals surface area contributed by atoms with Crippen molar-refractivity contribution in [1.82, 2.24) is 0 Å². The minimum atomic E-state index is -1.14. The number of hydrogen-bond acceptors (Lipinski definition) is 3. The van der Waals surface area contributed by atoms with Gasteiger partial charge in [-0.1, -0.05) is 18.7 Å². The molecular formula is C20H14F3NO2. The van der Waals surface area contributed by atoms with E-state index < -0.39 is 29.0 Å². The van der Waals surface area contributed by atoms with E-state index in [1.807, 2.05) is 6.07 Å². The Balaban J connectivity index is 2.75. The van der Waals surface area contributed by atoms with Gasteiger partial charge in [0, 0.05) is 12.1 Å². The van der Waals surface area contributed by atoms with E-state index in [9.17, 15) is 23.2 Å². The molecule has 0 aliphatic carbocycles. The summed E-state index contributed by atoms with van der Waals surface area (Å²) in [7, 11) is 1.19. The van der Waals surface area contributed by atoms with Gasteiger partial charge in [-0.25, -0.2) is 18.0 Å². The first kappa shape index (κ1) is 19.0. The average molecular weight is 357 g/mol. The van der Waals surface area contributed by atoms with Gasteiger partial charge in [0.1, 0.15) is 17.5 Å². The van der Waals surface area contributed by atoms with Crippen LogP contribution in [0, 0.1) is 28.8 Å². The van der Waals surface area contributed by atoms with Crippen LogP contribution in [0.1, 0.15) is 34.0 Å². The number of benzene rings is 2. The van der Waals surface area contributed by atoms with Crippen LogP contribution in [-0.4, -0.2) is 13.1 Å². The molecule has 0 aromatic heterocycles. The molecule has 0 amide bonds. The number of methoxy groups -OCH3 is 1. The Morgan fingerprint density at radius 3 is 2.27 bits per heavy atom. The average Bonchev–Trinajstić information content (AvgIpc) is 2.61. The molecule has 0 N–H and O–H groups in total. The first-order valence-electron chi connectivity index (χ1n) is 7.47. The third-order valence-corrected chi connectivity index (χ3v) is 3.77. The smallest absolute Gasteiger partial charge is 0.337 e. The quantitative estimate of drug-likeness (QED) is 0.579. The highest BCUT2D eigenvalue weighted by Crippen LogP contribution is 2.33. The third kappa shape index (κ3) is 3.52. The fraction of sp³-hybridized carbons (Fsp3) is 0.100. The molecule has 0 spiro atoms. The minimum absolute atomic E-state index is 0.115. The van der Waals surface area contributed by atoms with Crippen LogP contribution in [0.2, 0.25) is 0 Å². The van der Waals surface area contributed by atoms with Gasteiger partial charge in [0.15, 0.2) is 0 Å². The third-order valence-electron chi connectivity index (χ3n) is 3.77. The van der Waals surface area contributed by atoms with Crippen LogP contribution in [0.5, 0.6) is 0 Å². The number of esters is 1. The molecule has 26 heavy (non-hydrogen) atoms. The number of nitrogens with zero attached hydrogens (tertiary/aromatic N) is 1. The molecule has 2 aromatic rings. The molecule has 0 unspecified atom stereocenters.